The van der Waals surface area contributed by atoms with Crippen LogP contribution in [0, 0.1) is 0 Å². The number of hydrogen-bond donors (Lipinski definition) is 3. The second-order valence-electron chi connectivity index (χ2n) is 9.01. The fourth-order valence-electron chi connectivity index (χ4n) is 4.38. The number of nitrogens with one attached hydrogen (secondary N) is 2. The standard InChI is InChI=1S/C24H31N3O4S/c1-32(30,31)25-15-18-7-9-20(10-8-18)24(12-13-24)23(29)26-22(19-5-3-2-4-6-19)17-27-14-11-21(28)16-27/h2-10,21-22,25,28H,11-17H2,1H3,(H,26,29). The molecule has 8 heteroatoms. The van der Waals surface area contributed by atoms with E-state index in [0.717, 1.165) is 48.8 Å². The zero-order chi connectivity index (χ0) is 22.8. The fourth-order valence-corrected chi connectivity index (χ4v) is 4.81. The van der Waals surface area contributed by atoms with Gasteiger partial charge < -0.3 is 10.4 Å². The molecule has 172 valence electrons. The number of nitrogens with zero attached hydrogens (tertiary/aromatic N) is 1. The Balaban J connectivity index is 1.46. The molecule has 1 saturated heterocycles. The van der Waals surface area contributed by atoms with Gasteiger partial charge in [0, 0.05) is 26.2 Å². The first-order valence-corrected chi connectivity index (χ1v) is 12.9. The van der Waals surface area contributed by atoms with Crippen LogP contribution in [0.5, 0.6) is 0 Å². The summed E-state index contributed by atoms with van der Waals surface area (Å²) in [5.41, 5.74) is 2.34. The highest BCUT2D eigenvalue weighted by molar-refractivity contribution is 7.88. The predicted molar refractivity (Wildman–Crippen MR) is 123 cm³/mol. The van der Waals surface area contributed by atoms with Crippen LogP contribution in [-0.2, 0) is 26.8 Å². The van der Waals surface area contributed by atoms with Gasteiger partial charge >= 0.3 is 0 Å². The highest BCUT2D eigenvalue weighted by Crippen LogP contribution is 2.48. The number of rotatable bonds is 9. The van der Waals surface area contributed by atoms with E-state index >= 15 is 0 Å². The molecule has 2 unspecified atom stereocenters. The van der Waals surface area contributed by atoms with Crippen molar-refractivity contribution < 1.29 is 18.3 Å². The maximum atomic E-state index is 13.4. The summed E-state index contributed by atoms with van der Waals surface area (Å²) in [7, 11) is -3.25. The lowest BCUT2D eigenvalue weighted by molar-refractivity contribution is -0.124. The number of likely N-dealkylation sites (tertiary alicyclic amines) is 1. The Morgan fingerprint density at radius 2 is 1.84 bits per heavy atom. The van der Waals surface area contributed by atoms with E-state index in [1.807, 2.05) is 54.6 Å². The molecule has 3 N–H and O–H groups in total. The summed E-state index contributed by atoms with van der Waals surface area (Å²) >= 11 is 0. The Morgan fingerprint density at radius 3 is 2.41 bits per heavy atom. The number of aliphatic hydroxyl groups excluding tert-OH is 1. The molecular formula is C24H31N3O4S. The van der Waals surface area contributed by atoms with Crippen molar-refractivity contribution in [2.75, 3.05) is 25.9 Å². The molecular weight excluding hydrogens is 426 g/mol. The number of β-amino-alcohol motifs (C(OH)–C–C–N with tert-alkyl or cyclic N) is 1. The van der Waals surface area contributed by atoms with Crippen molar-refractivity contribution in [2.24, 2.45) is 0 Å². The summed E-state index contributed by atoms with van der Waals surface area (Å²) in [6, 6.07) is 17.4. The van der Waals surface area contributed by atoms with E-state index in [4.69, 9.17) is 0 Å². The van der Waals surface area contributed by atoms with E-state index in [2.05, 4.69) is 14.9 Å². The minimum atomic E-state index is -3.25. The van der Waals surface area contributed by atoms with Crippen LogP contribution in [0.3, 0.4) is 0 Å². The first-order valence-electron chi connectivity index (χ1n) is 11.1. The Hall–Kier alpha value is -2.26. The smallest absolute Gasteiger partial charge is 0.231 e. The molecule has 2 fully saturated rings. The van der Waals surface area contributed by atoms with E-state index < -0.39 is 15.4 Å². The van der Waals surface area contributed by atoms with Gasteiger partial charge in [0.1, 0.15) is 0 Å². The van der Waals surface area contributed by atoms with Crippen molar-refractivity contribution in [1.29, 1.82) is 0 Å². The zero-order valence-electron chi connectivity index (χ0n) is 18.3. The molecule has 2 aromatic rings. The lowest BCUT2D eigenvalue weighted by Gasteiger charge is -2.27. The molecule has 2 aliphatic rings. The van der Waals surface area contributed by atoms with Crippen molar-refractivity contribution in [1.82, 2.24) is 14.9 Å². The number of sulfonamides is 1. The van der Waals surface area contributed by atoms with Crippen molar-refractivity contribution in [2.45, 2.75) is 43.4 Å². The van der Waals surface area contributed by atoms with Crippen LogP contribution in [0.25, 0.3) is 0 Å². The maximum Gasteiger partial charge on any atom is 0.231 e. The molecule has 0 bridgehead atoms. The van der Waals surface area contributed by atoms with Gasteiger partial charge in [0.05, 0.1) is 23.8 Å². The monoisotopic (exact) mass is 457 g/mol. The van der Waals surface area contributed by atoms with Gasteiger partial charge in [0.2, 0.25) is 15.9 Å². The van der Waals surface area contributed by atoms with Gasteiger partial charge in [-0.15, -0.1) is 0 Å². The molecule has 2 aromatic carbocycles. The third-order valence-corrected chi connectivity index (χ3v) is 7.09. The summed E-state index contributed by atoms with van der Waals surface area (Å²) in [6.45, 7) is 2.36. The van der Waals surface area contributed by atoms with Gasteiger partial charge in [0.25, 0.3) is 0 Å². The summed E-state index contributed by atoms with van der Waals surface area (Å²) in [5.74, 6) is 0.0214. The van der Waals surface area contributed by atoms with Crippen molar-refractivity contribution in [3.05, 3.63) is 71.3 Å². The highest BCUT2D eigenvalue weighted by atomic mass is 32.2. The molecule has 1 amide bonds. The summed E-state index contributed by atoms with van der Waals surface area (Å²) in [6.07, 6.45) is 3.19. The first-order chi connectivity index (χ1) is 15.2. The van der Waals surface area contributed by atoms with Crippen LogP contribution in [0.4, 0.5) is 0 Å². The lowest BCUT2D eigenvalue weighted by Crippen LogP contribution is -2.42. The SMILES string of the molecule is CS(=O)(=O)NCc1ccc(C2(C(=O)NC(CN3CCC(O)C3)c3ccccc3)CC2)cc1. The Labute approximate surface area is 189 Å². The number of amides is 1. The van der Waals surface area contributed by atoms with E-state index in [-0.39, 0.29) is 24.6 Å². The second-order valence-corrected chi connectivity index (χ2v) is 10.8. The van der Waals surface area contributed by atoms with Gasteiger partial charge in [-0.1, -0.05) is 54.6 Å². The summed E-state index contributed by atoms with van der Waals surface area (Å²) in [4.78, 5) is 15.6. The van der Waals surface area contributed by atoms with Crippen LogP contribution in [0.15, 0.2) is 54.6 Å². The highest BCUT2D eigenvalue weighted by Gasteiger charge is 2.51. The zero-order valence-corrected chi connectivity index (χ0v) is 19.1. The molecule has 2 atom stereocenters. The first kappa shape index (κ1) is 22.9. The minimum Gasteiger partial charge on any atom is -0.392 e. The number of hydrogen-bond acceptors (Lipinski definition) is 5. The Kier molecular flexibility index (Phi) is 6.67. The van der Waals surface area contributed by atoms with Crippen LogP contribution in [-0.4, -0.2) is 56.3 Å². The van der Waals surface area contributed by atoms with Crippen molar-refractivity contribution in [3.63, 3.8) is 0 Å². The van der Waals surface area contributed by atoms with E-state index in [1.165, 1.54) is 0 Å². The van der Waals surface area contributed by atoms with Gasteiger partial charge in [-0.3, -0.25) is 9.69 Å². The van der Waals surface area contributed by atoms with Crippen LogP contribution < -0.4 is 10.0 Å². The molecule has 1 heterocycles. The predicted octanol–water partition coefficient (Wildman–Crippen LogP) is 1.69. The normalized spacial score (nSPS) is 21.2. The maximum absolute atomic E-state index is 13.4. The van der Waals surface area contributed by atoms with E-state index in [9.17, 15) is 18.3 Å². The van der Waals surface area contributed by atoms with Crippen LogP contribution >= 0.6 is 0 Å². The molecule has 7 nitrogen and oxygen atoms in total. The van der Waals surface area contributed by atoms with Crippen molar-refractivity contribution >= 4 is 15.9 Å². The Morgan fingerprint density at radius 1 is 1.16 bits per heavy atom. The van der Waals surface area contributed by atoms with Gasteiger partial charge in [-0.2, -0.15) is 0 Å². The van der Waals surface area contributed by atoms with Gasteiger partial charge in [0.15, 0.2) is 0 Å². The van der Waals surface area contributed by atoms with Gasteiger partial charge in [-0.25, -0.2) is 13.1 Å². The summed E-state index contributed by atoms with van der Waals surface area (Å²) < 4.78 is 25.1. The Bertz CT molecular complexity index is 1040. The van der Waals surface area contributed by atoms with E-state index in [0.29, 0.717) is 13.1 Å². The quantitative estimate of drug-likeness (QED) is 0.532. The average molecular weight is 458 g/mol. The minimum absolute atomic E-state index is 0.0214. The average Bonchev–Trinajstić information content (AvgIpc) is 3.49. The number of carbonyl (C=O) groups excluding carboxylic acids is 1. The topological polar surface area (TPSA) is 98.7 Å². The third kappa shape index (κ3) is 5.56. The number of aliphatic hydroxyl groups is 1. The molecule has 0 radical (unpaired) electrons. The molecule has 1 saturated carbocycles. The van der Waals surface area contributed by atoms with E-state index in [1.54, 1.807) is 0 Å². The largest absolute Gasteiger partial charge is 0.392 e. The number of benzene rings is 2. The molecule has 32 heavy (non-hydrogen) atoms. The third-order valence-electron chi connectivity index (χ3n) is 6.43. The fraction of sp³-hybridized carbons (Fsp3) is 0.458. The summed E-state index contributed by atoms with van der Waals surface area (Å²) in [5, 5.41) is 13.2. The van der Waals surface area contributed by atoms with Crippen LogP contribution in [0.2, 0.25) is 0 Å². The van der Waals surface area contributed by atoms with Crippen LogP contribution in [0.1, 0.15) is 42.0 Å². The number of carbonyl (C=O) groups is 1. The second kappa shape index (κ2) is 9.31. The lowest BCUT2D eigenvalue weighted by atomic mass is 9.93. The van der Waals surface area contributed by atoms with Crippen molar-refractivity contribution in [3.8, 4) is 0 Å². The van der Waals surface area contributed by atoms with Gasteiger partial charge in [-0.05, 0) is 36.0 Å². The molecule has 0 spiro atoms. The molecule has 0 aromatic heterocycles. The molecule has 4 rings (SSSR count). The molecule has 1 aliphatic carbocycles. The molecule has 1 aliphatic heterocycles.